The third-order valence-corrected chi connectivity index (χ3v) is 4.83. The van der Waals surface area contributed by atoms with Gasteiger partial charge in [-0.1, -0.05) is 0 Å². The summed E-state index contributed by atoms with van der Waals surface area (Å²) in [5, 5.41) is 0. The van der Waals surface area contributed by atoms with Crippen molar-refractivity contribution in [1.82, 2.24) is 14.7 Å². The minimum absolute atomic E-state index is 0.211. The molecule has 3 aliphatic rings. The summed E-state index contributed by atoms with van der Waals surface area (Å²) in [6.07, 6.45) is 0.847. The van der Waals surface area contributed by atoms with Crippen molar-refractivity contribution in [2.45, 2.75) is 57.5 Å². The zero-order chi connectivity index (χ0) is 15.9. The van der Waals surface area contributed by atoms with Gasteiger partial charge in [0.15, 0.2) is 0 Å². The summed E-state index contributed by atoms with van der Waals surface area (Å²) in [6, 6.07) is 0.962. The molecule has 0 aromatic rings. The Labute approximate surface area is 132 Å². The van der Waals surface area contributed by atoms with E-state index in [1.807, 2.05) is 20.8 Å². The smallest absolute Gasteiger partial charge is 0.410 e. The molecule has 3 rings (SSSR count). The molecular weight excluding hydrogens is 285 g/mol. The van der Waals surface area contributed by atoms with Crippen LogP contribution in [0, 0.1) is 0 Å². The van der Waals surface area contributed by atoms with Crippen LogP contribution in [0.15, 0.2) is 0 Å². The molecule has 0 radical (unpaired) electrons. The van der Waals surface area contributed by atoms with Crippen LogP contribution in [0.3, 0.4) is 0 Å². The average Bonchev–Trinajstić information content (AvgIpc) is 2.27. The highest BCUT2D eigenvalue weighted by Gasteiger charge is 2.43. The van der Waals surface area contributed by atoms with Crippen LogP contribution in [-0.4, -0.2) is 83.9 Å². The SMILES string of the molecule is CC(C)(C)OC(=O)N1CC(N2CC(N3CCC[C@@H](F)C3)C2)C1. The maximum atomic E-state index is 13.4. The van der Waals surface area contributed by atoms with Gasteiger partial charge in [-0.25, -0.2) is 9.18 Å². The number of carbonyl (C=O) groups is 1. The highest BCUT2D eigenvalue weighted by Crippen LogP contribution is 2.27. The van der Waals surface area contributed by atoms with Crippen LogP contribution >= 0.6 is 0 Å². The van der Waals surface area contributed by atoms with E-state index in [1.54, 1.807) is 4.90 Å². The summed E-state index contributed by atoms with van der Waals surface area (Å²) in [7, 11) is 0. The first-order valence-electron chi connectivity index (χ1n) is 8.42. The zero-order valence-electron chi connectivity index (χ0n) is 13.9. The van der Waals surface area contributed by atoms with E-state index in [9.17, 15) is 9.18 Å². The van der Waals surface area contributed by atoms with Crippen LogP contribution in [0.4, 0.5) is 9.18 Å². The van der Waals surface area contributed by atoms with Crippen molar-refractivity contribution in [2.75, 3.05) is 39.3 Å². The summed E-state index contributed by atoms with van der Waals surface area (Å²) < 4.78 is 18.8. The first-order chi connectivity index (χ1) is 10.3. The standard InChI is InChI=1S/C16H28FN3O2/c1-16(2,3)22-15(21)20-10-14(11-20)19-8-13(9-19)18-6-4-5-12(17)7-18/h12-14H,4-11H2,1-3H3/t12-/m1/s1. The third kappa shape index (κ3) is 3.54. The average molecular weight is 313 g/mol. The minimum Gasteiger partial charge on any atom is -0.444 e. The number of hydrogen-bond donors (Lipinski definition) is 0. The van der Waals surface area contributed by atoms with Crippen LogP contribution in [0.5, 0.6) is 0 Å². The molecule has 6 heteroatoms. The Kier molecular flexibility index (Phi) is 4.34. The molecule has 3 fully saturated rings. The molecule has 0 aliphatic carbocycles. The maximum absolute atomic E-state index is 13.4. The summed E-state index contributed by atoms with van der Waals surface area (Å²) in [5.41, 5.74) is -0.429. The Morgan fingerprint density at radius 3 is 2.27 bits per heavy atom. The van der Waals surface area contributed by atoms with Crippen LogP contribution in [0.1, 0.15) is 33.6 Å². The van der Waals surface area contributed by atoms with Crippen molar-refractivity contribution >= 4 is 6.09 Å². The molecule has 3 heterocycles. The summed E-state index contributed by atoms with van der Waals surface area (Å²) in [4.78, 5) is 18.4. The van der Waals surface area contributed by atoms with Crippen LogP contribution in [0.2, 0.25) is 0 Å². The third-order valence-electron chi connectivity index (χ3n) is 4.83. The number of halogens is 1. The molecule has 0 unspecified atom stereocenters. The van der Waals surface area contributed by atoms with Gasteiger partial charge in [-0.15, -0.1) is 0 Å². The van der Waals surface area contributed by atoms with E-state index in [4.69, 9.17) is 4.74 Å². The highest BCUT2D eigenvalue weighted by molar-refractivity contribution is 5.69. The Morgan fingerprint density at radius 1 is 1.05 bits per heavy atom. The molecule has 22 heavy (non-hydrogen) atoms. The largest absolute Gasteiger partial charge is 0.444 e. The number of carbonyl (C=O) groups excluding carboxylic acids is 1. The Bertz CT molecular complexity index is 414. The first kappa shape index (κ1) is 16.0. The van der Waals surface area contributed by atoms with Gasteiger partial charge in [-0.05, 0) is 40.2 Å². The van der Waals surface area contributed by atoms with Crippen LogP contribution in [0.25, 0.3) is 0 Å². The van der Waals surface area contributed by atoms with E-state index in [1.165, 1.54) is 0 Å². The maximum Gasteiger partial charge on any atom is 0.410 e. The lowest BCUT2D eigenvalue weighted by Gasteiger charge is -2.54. The predicted molar refractivity (Wildman–Crippen MR) is 82.7 cm³/mol. The lowest BCUT2D eigenvalue weighted by Crippen LogP contribution is -2.71. The predicted octanol–water partition coefficient (Wildman–Crippen LogP) is 1.72. The second kappa shape index (κ2) is 5.96. The summed E-state index contributed by atoms with van der Waals surface area (Å²) in [5.74, 6) is 0. The Hall–Kier alpha value is -0.880. The Balaban J connectivity index is 1.36. The van der Waals surface area contributed by atoms with Crippen molar-refractivity contribution in [3.8, 4) is 0 Å². The molecule has 0 N–H and O–H groups in total. The van der Waals surface area contributed by atoms with E-state index in [0.717, 1.165) is 45.6 Å². The van der Waals surface area contributed by atoms with E-state index < -0.39 is 11.8 Å². The molecule has 0 saturated carbocycles. The number of ether oxygens (including phenoxy) is 1. The van der Waals surface area contributed by atoms with Gasteiger partial charge in [0.05, 0.1) is 0 Å². The van der Waals surface area contributed by atoms with Gasteiger partial charge in [-0.3, -0.25) is 9.80 Å². The van der Waals surface area contributed by atoms with E-state index in [0.29, 0.717) is 18.6 Å². The van der Waals surface area contributed by atoms with Gasteiger partial charge in [0, 0.05) is 44.8 Å². The van der Waals surface area contributed by atoms with Crippen LogP contribution < -0.4 is 0 Å². The van der Waals surface area contributed by atoms with Crippen molar-refractivity contribution < 1.29 is 13.9 Å². The van der Waals surface area contributed by atoms with Crippen molar-refractivity contribution in [2.24, 2.45) is 0 Å². The molecule has 3 saturated heterocycles. The molecule has 126 valence electrons. The van der Waals surface area contributed by atoms with Gasteiger partial charge in [0.1, 0.15) is 11.8 Å². The molecule has 0 bridgehead atoms. The fraction of sp³-hybridized carbons (Fsp3) is 0.938. The monoisotopic (exact) mass is 313 g/mol. The number of amides is 1. The molecular formula is C16H28FN3O2. The second-order valence-corrected chi connectivity index (χ2v) is 7.88. The number of hydrogen-bond acceptors (Lipinski definition) is 4. The van der Waals surface area contributed by atoms with Crippen molar-refractivity contribution in [3.63, 3.8) is 0 Å². The lowest BCUT2D eigenvalue weighted by molar-refractivity contribution is -0.0654. The minimum atomic E-state index is -0.644. The number of rotatable bonds is 2. The van der Waals surface area contributed by atoms with E-state index >= 15 is 0 Å². The molecule has 1 atom stereocenters. The van der Waals surface area contributed by atoms with Gasteiger partial charge < -0.3 is 9.64 Å². The zero-order valence-corrected chi connectivity index (χ0v) is 13.9. The highest BCUT2D eigenvalue weighted by atomic mass is 19.1. The van der Waals surface area contributed by atoms with E-state index in [-0.39, 0.29) is 6.09 Å². The van der Waals surface area contributed by atoms with Gasteiger partial charge in [0.25, 0.3) is 0 Å². The van der Waals surface area contributed by atoms with Crippen LogP contribution in [-0.2, 0) is 4.74 Å². The summed E-state index contributed by atoms with van der Waals surface area (Å²) in [6.45, 7) is 10.8. The lowest BCUT2D eigenvalue weighted by atomic mass is 9.97. The van der Waals surface area contributed by atoms with Gasteiger partial charge >= 0.3 is 6.09 Å². The Morgan fingerprint density at radius 2 is 1.68 bits per heavy atom. The molecule has 5 nitrogen and oxygen atoms in total. The molecule has 0 aromatic heterocycles. The van der Waals surface area contributed by atoms with Crippen molar-refractivity contribution in [1.29, 1.82) is 0 Å². The summed E-state index contributed by atoms with van der Waals surface area (Å²) >= 11 is 0. The van der Waals surface area contributed by atoms with Gasteiger partial charge in [-0.2, -0.15) is 0 Å². The quantitative estimate of drug-likeness (QED) is 0.778. The van der Waals surface area contributed by atoms with Gasteiger partial charge in [0.2, 0.25) is 0 Å². The first-order valence-corrected chi connectivity index (χ1v) is 8.42. The van der Waals surface area contributed by atoms with E-state index in [2.05, 4.69) is 9.80 Å². The van der Waals surface area contributed by atoms with Crippen molar-refractivity contribution in [3.05, 3.63) is 0 Å². The fourth-order valence-electron chi connectivity index (χ4n) is 3.46. The second-order valence-electron chi connectivity index (χ2n) is 7.88. The number of alkyl halides is 1. The molecule has 0 spiro atoms. The fourth-order valence-corrected chi connectivity index (χ4v) is 3.46. The topological polar surface area (TPSA) is 36.0 Å². The molecule has 1 amide bonds. The number of piperidine rings is 1. The number of likely N-dealkylation sites (tertiary alicyclic amines) is 3. The molecule has 0 aromatic carbocycles. The number of nitrogens with zero attached hydrogens (tertiary/aromatic N) is 3. The normalized spacial score (nSPS) is 29.1. The molecule has 3 aliphatic heterocycles.